The van der Waals surface area contributed by atoms with Gasteiger partial charge in [0.2, 0.25) is 5.88 Å². The maximum absolute atomic E-state index is 12.5. The standard InChI is InChI=1S/C17H28N2O3/c1-5-8-11-17(4,22-7-3)16(20)19-14-9-10-15(18-13-14)21-12-6-2/h9-10,13H,5-8,11-12H2,1-4H3,(H,19,20)/t17-/m0/s1. The largest absolute Gasteiger partial charge is 0.478 e. The molecule has 1 rings (SSSR count). The van der Waals surface area contributed by atoms with Gasteiger partial charge in [-0.15, -0.1) is 0 Å². The first-order valence-electron chi connectivity index (χ1n) is 8.10. The molecule has 0 aromatic carbocycles. The molecule has 0 bridgehead atoms. The SMILES string of the molecule is CCCC[C@](C)(OCC)C(=O)Nc1ccc(OCCC)nc1. The van der Waals surface area contributed by atoms with E-state index in [0.29, 0.717) is 31.2 Å². The first kappa shape index (κ1) is 18.4. The predicted octanol–water partition coefficient (Wildman–Crippen LogP) is 3.79. The van der Waals surface area contributed by atoms with Crippen LogP contribution in [-0.2, 0) is 9.53 Å². The molecule has 0 fully saturated rings. The number of hydrogen-bond donors (Lipinski definition) is 1. The second-order valence-corrected chi connectivity index (χ2v) is 5.46. The lowest BCUT2D eigenvalue weighted by atomic mass is 9.97. The minimum absolute atomic E-state index is 0.133. The van der Waals surface area contributed by atoms with Crippen LogP contribution in [0.15, 0.2) is 18.3 Å². The Morgan fingerprint density at radius 1 is 1.27 bits per heavy atom. The molecule has 1 heterocycles. The number of carbonyl (C=O) groups excluding carboxylic acids is 1. The number of unbranched alkanes of at least 4 members (excludes halogenated alkanes) is 1. The van der Waals surface area contributed by atoms with Gasteiger partial charge in [-0.3, -0.25) is 4.79 Å². The van der Waals surface area contributed by atoms with E-state index in [1.807, 2.05) is 20.8 Å². The Labute approximate surface area is 133 Å². The summed E-state index contributed by atoms with van der Waals surface area (Å²) in [7, 11) is 0. The summed E-state index contributed by atoms with van der Waals surface area (Å²) in [4.78, 5) is 16.7. The molecule has 0 unspecified atom stereocenters. The number of amides is 1. The minimum Gasteiger partial charge on any atom is -0.478 e. The third kappa shape index (κ3) is 5.64. The van der Waals surface area contributed by atoms with Gasteiger partial charge >= 0.3 is 0 Å². The summed E-state index contributed by atoms with van der Waals surface area (Å²) in [5.74, 6) is 0.435. The van der Waals surface area contributed by atoms with Crippen molar-refractivity contribution in [3.8, 4) is 5.88 Å². The summed E-state index contributed by atoms with van der Waals surface area (Å²) in [6.45, 7) is 9.03. The number of hydrogen-bond acceptors (Lipinski definition) is 4. The third-order valence-electron chi connectivity index (χ3n) is 3.40. The van der Waals surface area contributed by atoms with E-state index in [1.165, 1.54) is 0 Å². The third-order valence-corrected chi connectivity index (χ3v) is 3.40. The van der Waals surface area contributed by atoms with E-state index < -0.39 is 5.60 Å². The van der Waals surface area contributed by atoms with Gasteiger partial charge in [-0.05, 0) is 32.8 Å². The van der Waals surface area contributed by atoms with Crippen molar-refractivity contribution in [2.24, 2.45) is 0 Å². The molecule has 124 valence electrons. The van der Waals surface area contributed by atoms with Crippen molar-refractivity contribution in [3.05, 3.63) is 18.3 Å². The number of rotatable bonds is 10. The van der Waals surface area contributed by atoms with E-state index >= 15 is 0 Å². The van der Waals surface area contributed by atoms with E-state index in [4.69, 9.17) is 9.47 Å². The Morgan fingerprint density at radius 2 is 2.05 bits per heavy atom. The first-order chi connectivity index (χ1) is 10.6. The molecule has 0 spiro atoms. The van der Waals surface area contributed by atoms with Crippen LogP contribution >= 0.6 is 0 Å². The quantitative estimate of drug-likeness (QED) is 0.714. The molecular weight excluding hydrogens is 280 g/mol. The normalized spacial score (nSPS) is 13.5. The van der Waals surface area contributed by atoms with Crippen molar-refractivity contribution in [2.75, 3.05) is 18.5 Å². The first-order valence-corrected chi connectivity index (χ1v) is 8.10. The lowest BCUT2D eigenvalue weighted by molar-refractivity contribution is -0.139. The molecule has 5 nitrogen and oxygen atoms in total. The van der Waals surface area contributed by atoms with E-state index in [0.717, 1.165) is 19.3 Å². The molecule has 1 amide bonds. The highest BCUT2D eigenvalue weighted by Gasteiger charge is 2.33. The van der Waals surface area contributed by atoms with Crippen LogP contribution < -0.4 is 10.1 Å². The van der Waals surface area contributed by atoms with Crippen molar-refractivity contribution in [1.82, 2.24) is 4.98 Å². The lowest BCUT2D eigenvalue weighted by Crippen LogP contribution is -2.42. The summed E-state index contributed by atoms with van der Waals surface area (Å²) >= 11 is 0. The van der Waals surface area contributed by atoms with Crippen LogP contribution in [0.4, 0.5) is 5.69 Å². The summed E-state index contributed by atoms with van der Waals surface area (Å²) in [6.07, 6.45) is 5.22. The Morgan fingerprint density at radius 3 is 2.59 bits per heavy atom. The molecule has 0 aliphatic carbocycles. The number of pyridine rings is 1. The van der Waals surface area contributed by atoms with Crippen molar-refractivity contribution in [3.63, 3.8) is 0 Å². The Kier molecular flexibility index (Phi) is 7.88. The van der Waals surface area contributed by atoms with Crippen LogP contribution in [0.1, 0.15) is 53.4 Å². The molecule has 0 saturated carbocycles. The van der Waals surface area contributed by atoms with Crippen LogP contribution in [0.25, 0.3) is 0 Å². The molecule has 0 aliphatic heterocycles. The molecule has 0 radical (unpaired) electrons. The Bertz CT molecular complexity index is 448. The number of nitrogens with zero attached hydrogens (tertiary/aromatic N) is 1. The number of nitrogens with one attached hydrogen (secondary N) is 1. The zero-order valence-electron chi connectivity index (χ0n) is 14.1. The molecule has 0 aliphatic rings. The van der Waals surface area contributed by atoms with Gasteiger partial charge in [0.05, 0.1) is 18.5 Å². The van der Waals surface area contributed by atoms with Gasteiger partial charge in [-0.2, -0.15) is 0 Å². The molecule has 1 atom stereocenters. The van der Waals surface area contributed by atoms with Gasteiger partial charge in [-0.25, -0.2) is 4.98 Å². The zero-order chi connectivity index (χ0) is 16.4. The minimum atomic E-state index is -0.803. The number of ether oxygens (including phenoxy) is 2. The second-order valence-electron chi connectivity index (χ2n) is 5.46. The van der Waals surface area contributed by atoms with E-state index in [9.17, 15) is 4.79 Å². The fourth-order valence-corrected chi connectivity index (χ4v) is 2.09. The summed E-state index contributed by atoms with van der Waals surface area (Å²) in [5, 5.41) is 2.88. The van der Waals surface area contributed by atoms with Crippen LogP contribution in [0, 0.1) is 0 Å². The molecule has 1 aromatic heterocycles. The van der Waals surface area contributed by atoms with Crippen molar-refractivity contribution in [1.29, 1.82) is 0 Å². The van der Waals surface area contributed by atoms with Gasteiger partial charge in [0.15, 0.2) is 0 Å². The molecular formula is C17H28N2O3. The van der Waals surface area contributed by atoms with Gasteiger partial charge in [-0.1, -0.05) is 26.7 Å². The van der Waals surface area contributed by atoms with Gasteiger partial charge in [0.1, 0.15) is 5.60 Å². The van der Waals surface area contributed by atoms with E-state index in [-0.39, 0.29) is 5.91 Å². The average Bonchev–Trinajstić information content (AvgIpc) is 2.52. The smallest absolute Gasteiger partial charge is 0.256 e. The number of carbonyl (C=O) groups is 1. The predicted molar refractivity (Wildman–Crippen MR) is 88.2 cm³/mol. The van der Waals surface area contributed by atoms with Gasteiger partial charge in [0, 0.05) is 12.7 Å². The van der Waals surface area contributed by atoms with Crippen LogP contribution in [0.5, 0.6) is 5.88 Å². The van der Waals surface area contributed by atoms with Gasteiger partial charge in [0.25, 0.3) is 5.91 Å². The highest BCUT2D eigenvalue weighted by Crippen LogP contribution is 2.22. The summed E-state index contributed by atoms with van der Waals surface area (Å²) in [6, 6.07) is 3.55. The maximum Gasteiger partial charge on any atom is 0.256 e. The van der Waals surface area contributed by atoms with Crippen LogP contribution in [0.3, 0.4) is 0 Å². The number of aromatic nitrogens is 1. The number of anilines is 1. The monoisotopic (exact) mass is 308 g/mol. The molecule has 22 heavy (non-hydrogen) atoms. The highest BCUT2D eigenvalue weighted by molar-refractivity contribution is 5.96. The molecule has 0 saturated heterocycles. The van der Waals surface area contributed by atoms with Crippen LogP contribution in [0.2, 0.25) is 0 Å². The maximum atomic E-state index is 12.5. The topological polar surface area (TPSA) is 60.5 Å². The molecule has 1 aromatic rings. The fraction of sp³-hybridized carbons (Fsp3) is 0.647. The molecule has 5 heteroatoms. The second kappa shape index (κ2) is 9.41. The van der Waals surface area contributed by atoms with Crippen molar-refractivity contribution >= 4 is 11.6 Å². The zero-order valence-corrected chi connectivity index (χ0v) is 14.1. The summed E-state index contributed by atoms with van der Waals surface area (Å²) < 4.78 is 11.1. The van der Waals surface area contributed by atoms with Gasteiger partial charge < -0.3 is 14.8 Å². The average molecular weight is 308 g/mol. The molecule has 1 N–H and O–H groups in total. The van der Waals surface area contributed by atoms with Crippen LogP contribution in [-0.4, -0.2) is 29.7 Å². The van der Waals surface area contributed by atoms with Crippen molar-refractivity contribution < 1.29 is 14.3 Å². The van der Waals surface area contributed by atoms with E-state index in [2.05, 4.69) is 17.2 Å². The fourth-order valence-electron chi connectivity index (χ4n) is 2.09. The Balaban J connectivity index is 2.68. The summed E-state index contributed by atoms with van der Waals surface area (Å²) in [5.41, 5.74) is -0.154. The van der Waals surface area contributed by atoms with E-state index in [1.54, 1.807) is 18.3 Å². The highest BCUT2D eigenvalue weighted by atomic mass is 16.5. The Hall–Kier alpha value is -1.62. The van der Waals surface area contributed by atoms with Crippen molar-refractivity contribution in [2.45, 2.75) is 59.0 Å². The lowest BCUT2D eigenvalue weighted by Gasteiger charge is -2.28.